The number of nitrogens with one attached hydrogen (secondary N) is 2. The highest BCUT2D eigenvalue weighted by atomic mass is 35.5. The number of aliphatic hydroxyl groups excluding tert-OH is 2. The molecule has 0 aliphatic rings. The zero-order chi connectivity index (χ0) is 29.4. The number of nitrogens with zero attached hydrogens (tertiary/aromatic N) is 2. The van der Waals surface area contributed by atoms with Crippen molar-refractivity contribution in [2.75, 3.05) is 18.4 Å². The zero-order valence-electron chi connectivity index (χ0n) is 21.6. The largest absolute Gasteiger partial charge is 0.417 e. The van der Waals surface area contributed by atoms with Gasteiger partial charge in [0, 0.05) is 25.2 Å². The molecule has 0 fully saturated rings. The molecule has 3 rings (SSSR count). The van der Waals surface area contributed by atoms with E-state index in [1.54, 1.807) is 43.5 Å². The first-order chi connectivity index (χ1) is 18.8. The fourth-order valence-electron chi connectivity index (χ4n) is 3.85. The van der Waals surface area contributed by atoms with Gasteiger partial charge in [0.2, 0.25) is 0 Å². The number of thiophene rings is 1. The number of carbonyl (C=O) groups is 2. The molecule has 2 atom stereocenters. The van der Waals surface area contributed by atoms with Crippen LogP contribution in [0.4, 0.5) is 18.9 Å². The van der Waals surface area contributed by atoms with E-state index in [9.17, 15) is 33.0 Å². The van der Waals surface area contributed by atoms with Crippen LogP contribution in [-0.2, 0) is 12.7 Å². The predicted molar refractivity (Wildman–Crippen MR) is 149 cm³/mol. The van der Waals surface area contributed by atoms with Gasteiger partial charge in [-0.25, -0.2) is 5.43 Å². The number of hydrogen-bond acceptors (Lipinski definition) is 7. The number of hydrogen-bond donors (Lipinski definition) is 4. The molecule has 2 amide bonds. The summed E-state index contributed by atoms with van der Waals surface area (Å²) in [4.78, 5) is 27.6. The number of alkyl halides is 3. The van der Waals surface area contributed by atoms with E-state index < -0.39 is 40.8 Å². The molecule has 13 heteroatoms. The van der Waals surface area contributed by atoms with Crippen LogP contribution in [0.5, 0.6) is 0 Å². The second-order valence-electron chi connectivity index (χ2n) is 9.15. The van der Waals surface area contributed by atoms with E-state index in [4.69, 9.17) is 11.6 Å². The molecule has 0 bridgehead atoms. The Bertz CT molecular complexity index is 1350. The van der Waals surface area contributed by atoms with E-state index in [1.165, 1.54) is 6.07 Å². The van der Waals surface area contributed by atoms with Crippen LogP contribution in [0, 0.1) is 0 Å². The summed E-state index contributed by atoms with van der Waals surface area (Å²) in [7, 11) is 0. The van der Waals surface area contributed by atoms with Crippen LogP contribution >= 0.6 is 22.9 Å². The van der Waals surface area contributed by atoms with Crippen LogP contribution in [0.3, 0.4) is 0 Å². The molecule has 0 aliphatic heterocycles. The Labute approximate surface area is 238 Å². The molecule has 0 saturated heterocycles. The van der Waals surface area contributed by atoms with Crippen LogP contribution in [0.15, 0.2) is 59.0 Å². The number of rotatable bonds is 11. The number of benzene rings is 2. The van der Waals surface area contributed by atoms with E-state index in [0.717, 1.165) is 35.2 Å². The van der Waals surface area contributed by atoms with Crippen molar-refractivity contribution < 1.29 is 33.0 Å². The Morgan fingerprint density at radius 2 is 1.77 bits per heavy atom. The minimum atomic E-state index is -4.64. The van der Waals surface area contributed by atoms with E-state index in [2.05, 4.69) is 15.8 Å². The van der Waals surface area contributed by atoms with Crippen molar-refractivity contribution in [3.63, 3.8) is 0 Å². The van der Waals surface area contributed by atoms with Crippen molar-refractivity contribution in [2.45, 2.75) is 38.8 Å². The van der Waals surface area contributed by atoms with Crippen LogP contribution < -0.4 is 10.7 Å². The van der Waals surface area contributed by atoms with Gasteiger partial charge in [-0.2, -0.15) is 18.3 Å². The average molecular weight is 597 g/mol. The van der Waals surface area contributed by atoms with Crippen molar-refractivity contribution in [1.29, 1.82) is 0 Å². The normalized spacial score (nSPS) is 13.4. The number of aliphatic hydroxyl groups is 2. The Morgan fingerprint density at radius 3 is 2.42 bits per heavy atom. The lowest BCUT2D eigenvalue weighted by molar-refractivity contribution is -0.137. The van der Waals surface area contributed by atoms with Crippen molar-refractivity contribution in [3.05, 3.63) is 86.1 Å². The Morgan fingerprint density at radius 1 is 1.07 bits per heavy atom. The fraction of sp³-hybridized carbons (Fsp3) is 0.296. The highest BCUT2D eigenvalue weighted by Gasteiger charge is 2.33. The molecule has 1 aromatic heterocycles. The first kappa shape index (κ1) is 31.2. The second kappa shape index (κ2) is 13.9. The number of halogens is 4. The minimum Gasteiger partial charge on any atom is -0.392 e. The van der Waals surface area contributed by atoms with Gasteiger partial charge >= 0.3 is 6.18 Å². The summed E-state index contributed by atoms with van der Waals surface area (Å²) in [5, 5.41) is 27.1. The van der Waals surface area contributed by atoms with Crippen LogP contribution in [0.25, 0.3) is 0 Å². The van der Waals surface area contributed by atoms with E-state index in [-0.39, 0.29) is 16.1 Å². The van der Waals surface area contributed by atoms with Gasteiger partial charge in [-0.3, -0.25) is 14.5 Å². The van der Waals surface area contributed by atoms with Gasteiger partial charge in [0.1, 0.15) is 4.88 Å². The van der Waals surface area contributed by atoms with Crippen molar-refractivity contribution >= 4 is 46.7 Å². The van der Waals surface area contributed by atoms with Crippen molar-refractivity contribution in [3.8, 4) is 0 Å². The van der Waals surface area contributed by atoms with Gasteiger partial charge in [-0.1, -0.05) is 29.8 Å². The molecule has 0 spiro atoms. The maximum absolute atomic E-state index is 13.1. The molecule has 214 valence electrons. The molecule has 3 aromatic rings. The zero-order valence-corrected chi connectivity index (χ0v) is 23.1. The lowest BCUT2D eigenvalue weighted by Crippen LogP contribution is -2.35. The van der Waals surface area contributed by atoms with Crippen LogP contribution in [0.2, 0.25) is 5.02 Å². The summed E-state index contributed by atoms with van der Waals surface area (Å²) in [5.74, 6) is -1.12. The Hall–Kier alpha value is -3.29. The van der Waals surface area contributed by atoms with Gasteiger partial charge in [0.15, 0.2) is 0 Å². The number of carbonyl (C=O) groups excluding carboxylic acids is 2. The summed E-state index contributed by atoms with van der Waals surface area (Å²) in [6.07, 6.45) is -4.77. The molecular formula is C27H28ClF3N4O4S. The van der Waals surface area contributed by atoms with Crippen molar-refractivity contribution in [1.82, 2.24) is 10.3 Å². The second-order valence-corrected chi connectivity index (χ2v) is 10.5. The first-order valence-corrected chi connectivity index (χ1v) is 13.4. The quantitative estimate of drug-likeness (QED) is 0.184. The Balaban J connectivity index is 1.66. The fourth-order valence-corrected chi connectivity index (χ4v) is 4.82. The molecule has 2 unspecified atom stereocenters. The van der Waals surface area contributed by atoms with E-state index in [1.807, 2.05) is 11.0 Å². The molecule has 8 nitrogen and oxygen atoms in total. The maximum atomic E-state index is 13.1. The maximum Gasteiger partial charge on any atom is 0.417 e. The van der Waals surface area contributed by atoms with Crippen molar-refractivity contribution in [2.24, 2.45) is 5.10 Å². The Kier molecular flexibility index (Phi) is 10.8. The van der Waals surface area contributed by atoms with Gasteiger partial charge in [-0.15, -0.1) is 11.3 Å². The average Bonchev–Trinajstić information content (AvgIpc) is 3.32. The summed E-state index contributed by atoms with van der Waals surface area (Å²) < 4.78 is 39.2. The SMILES string of the molecule is CC(O)CN(Cc1cccc(C(=O)Nc2ccsc2C(=O)N/N=C/c2ccc(Cl)c(C(F)(F)F)c2)c1)CC(C)O. The van der Waals surface area contributed by atoms with Gasteiger partial charge < -0.3 is 15.5 Å². The van der Waals surface area contributed by atoms with Crippen LogP contribution in [-0.4, -0.2) is 58.4 Å². The lowest BCUT2D eigenvalue weighted by Gasteiger charge is -2.25. The molecule has 2 aromatic carbocycles. The topological polar surface area (TPSA) is 114 Å². The first-order valence-electron chi connectivity index (χ1n) is 12.1. The van der Waals surface area contributed by atoms with E-state index in [0.29, 0.717) is 25.2 Å². The number of amides is 2. The third-order valence-corrected chi connectivity index (χ3v) is 6.68. The van der Waals surface area contributed by atoms with E-state index >= 15 is 0 Å². The smallest absolute Gasteiger partial charge is 0.392 e. The minimum absolute atomic E-state index is 0.0806. The molecule has 0 saturated carbocycles. The highest BCUT2D eigenvalue weighted by Crippen LogP contribution is 2.34. The molecule has 1 heterocycles. The number of anilines is 1. The van der Waals surface area contributed by atoms with Gasteiger partial charge in [0.05, 0.1) is 34.7 Å². The predicted octanol–water partition coefficient (Wildman–Crippen LogP) is 5.00. The molecule has 40 heavy (non-hydrogen) atoms. The molecule has 4 N–H and O–H groups in total. The van der Waals surface area contributed by atoms with Crippen LogP contribution in [0.1, 0.15) is 50.6 Å². The summed E-state index contributed by atoms with van der Waals surface area (Å²) in [6, 6.07) is 11.6. The summed E-state index contributed by atoms with van der Waals surface area (Å²) in [5.41, 5.74) is 2.68. The monoisotopic (exact) mass is 596 g/mol. The molecule has 0 radical (unpaired) electrons. The van der Waals surface area contributed by atoms with Gasteiger partial charge in [0.25, 0.3) is 11.8 Å². The molecule has 0 aliphatic carbocycles. The summed E-state index contributed by atoms with van der Waals surface area (Å²) in [6.45, 7) is 4.40. The lowest BCUT2D eigenvalue weighted by atomic mass is 10.1. The third kappa shape index (κ3) is 9.14. The van der Waals surface area contributed by atoms with Gasteiger partial charge in [-0.05, 0) is 60.7 Å². The number of hydrazone groups is 1. The summed E-state index contributed by atoms with van der Waals surface area (Å²) >= 11 is 6.67. The third-order valence-electron chi connectivity index (χ3n) is 5.44. The highest BCUT2D eigenvalue weighted by molar-refractivity contribution is 7.12. The molecular weight excluding hydrogens is 569 g/mol. The standard InChI is InChI=1S/C27H28ClF3N4O4S/c1-16(36)13-35(14-17(2)37)15-19-4-3-5-20(10-19)25(38)33-23-8-9-40-24(23)26(39)34-32-12-18-6-7-22(28)21(11-18)27(29,30)31/h3-12,16-17,36-37H,13-15H2,1-2H3,(H,33,38)(H,34,39)/b32-12+.